The standard InChI is InChI=1S/C23H19F2N3O4S/c1-2-33(31,32)19-10-13(12-26)6-7-16(19)21-20-17(8-9-18(20)29)28(23(30)27-21)15-5-3-4-14(11-15)22(24)25/h3-7,10-11,21-22H,2,8-9H2,1H3,(H,27,30). The minimum atomic E-state index is -3.79. The van der Waals surface area contributed by atoms with Crippen molar-refractivity contribution in [1.82, 2.24) is 5.32 Å². The molecule has 4 rings (SSSR count). The van der Waals surface area contributed by atoms with Crippen LogP contribution in [-0.4, -0.2) is 26.0 Å². The Morgan fingerprint density at radius 2 is 1.94 bits per heavy atom. The van der Waals surface area contributed by atoms with Crippen molar-refractivity contribution in [3.8, 4) is 6.07 Å². The van der Waals surface area contributed by atoms with Crippen LogP contribution in [0.15, 0.2) is 58.6 Å². The molecule has 0 saturated carbocycles. The molecule has 1 atom stereocenters. The van der Waals surface area contributed by atoms with E-state index in [4.69, 9.17) is 0 Å². The highest BCUT2D eigenvalue weighted by atomic mass is 32.2. The van der Waals surface area contributed by atoms with Crippen molar-refractivity contribution in [3.63, 3.8) is 0 Å². The first-order valence-electron chi connectivity index (χ1n) is 10.2. The number of carbonyl (C=O) groups excluding carboxylic acids is 2. The number of Topliss-reactive ketones (excluding diaryl/α,β-unsaturated/α-hetero) is 1. The summed E-state index contributed by atoms with van der Waals surface area (Å²) >= 11 is 0. The van der Waals surface area contributed by atoms with Gasteiger partial charge in [-0.1, -0.05) is 25.1 Å². The van der Waals surface area contributed by atoms with Gasteiger partial charge in [0.1, 0.15) is 0 Å². The fourth-order valence-corrected chi connectivity index (χ4v) is 5.34. The highest BCUT2D eigenvalue weighted by molar-refractivity contribution is 7.91. The monoisotopic (exact) mass is 471 g/mol. The number of hydrogen-bond donors (Lipinski definition) is 1. The lowest BCUT2D eigenvalue weighted by molar-refractivity contribution is -0.115. The second-order valence-electron chi connectivity index (χ2n) is 7.66. The minimum Gasteiger partial charge on any atom is -0.326 e. The predicted molar refractivity (Wildman–Crippen MR) is 115 cm³/mol. The number of benzene rings is 2. The average Bonchev–Trinajstić information content (AvgIpc) is 3.19. The van der Waals surface area contributed by atoms with E-state index in [1.807, 2.05) is 6.07 Å². The van der Waals surface area contributed by atoms with Gasteiger partial charge in [0.25, 0.3) is 6.43 Å². The SMILES string of the molecule is CCS(=O)(=O)c1cc(C#N)ccc1C1NC(=O)N(c2cccc(C(F)F)c2)C2=C1C(=O)CC2. The molecular weight excluding hydrogens is 452 g/mol. The van der Waals surface area contributed by atoms with Gasteiger partial charge in [0.2, 0.25) is 0 Å². The van der Waals surface area contributed by atoms with Crippen LogP contribution in [0.25, 0.3) is 0 Å². The molecule has 1 aliphatic heterocycles. The Hall–Kier alpha value is -3.58. The smallest absolute Gasteiger partial charge is 0.326 e. The number of nitrogens with zero attached hydrogens (tertiary/aromatic N) is 2. The first kappa shape index (κ1) is 22.6. The zero-order chi connectivity index (χ0) is 23.9. The van der Waals surface area contributed by atoms with Crippen LogP contribution in [0.1, 0.15) is 48.9 Å². The molecule has 10 heteroatoms. The van der Waals surface area contributed by atoms with E-state index in [9.17, 15) is 32.0 Å². The summed E-state index contributed by atoms with van der Waals surface area (Å²) < 4.78 is 52.0. The lowest BCUT2D eigenvalue weighted by atomic mass is 9.94. The van der Waals surface area contributed by atoms with Crippen molar-refractivity contribution < 1.29 is 26.8 Å². The Labute approximate surface area is 189 Å². The summed E-state index contributed by atoms with van der Waals surface area (Å²) in [6.45, 7) is 1.46. The third-order valence-corrected chi connectivity index (χ3v) is 7.56. The maximum atomic E-state index is 13.2. The number of nitriles is 1. The quantitative estimate of drug-likeness (QED) is 0.704. The van der Waals surface area contributed by atoms with Crippen LogP contribution in [0.3, 0.4) is 0 Å². The molecule has 1 heterocycles. The van der Waals surface area contributed by atoms with E-state index in [1.54, 1.807) is 0 Å². The number of allylic oxidation sites excluding steroid dienone is 1. The van der Waals surface area contributed by atoms with Crippen molar-refractivity contribution >= 4 is 27.3 Å². The number of sulfone groups is 1. The molecule has 33 heavy (non-hydrogen) atoms. The molecule has 1 N–H and O–H groups in total. The van der Waals surface area contributed by atoms with Crippen LogP contribution in [0.2, 0.25) is 0 Å². The number of halogens is 2. The van der Waals surface area contributed by atoms with Gasteiger partial charge in [-0.2, -0.15) is 5.26 Å². The zero-order valence-electron chi connectivity index (χ0n) is 17.5. The first-order chi connectivity index (χ1) is 15.7. The third-order valence-electron chi connectivity index (χ3n) is 5.78. The van der Waals surface area contributed by atoms with Gasteiger partial charge in [0, 0.05) is 23.3 Å². The zero-order valence-corrected chi connectivity index (χ0v) is 18.3. The largest absolute Gasteiger partial charge is 0.327 e. The molecule has 2 aliphatic rings. The Balaban J connectivity index is 1.90. The summed E-state index contributed by atoms with van der Waals surface area (Å²) in [6.07, 6.45) is -2.42. The number of urea groups is 1. The summed E-state index contributed by atoms with van der Waals surface area (Å²) in [6, 6.07) is 9.61. The second-order valence-corrected chi connectivity index (χ2v) is 9.91. The lowest BCUT2D eigenvalue weighted by Gasteiger charge is -2.35. The number of alkyl halides is 2. The van der Waals surface area contributed by atoms with Crippen molar-refractivity contribution in [3.05, 3.63) is 70.4 Å². The van der Waals surface area contributed by atoms with E-state index in [2.05, 4.69) is 5.32 Å². The molecule has 2 amide bonds. The van der Waals surface area contributed by atoms with Crippen LogP contribution in [0.5, 0.6) is 0 Å². The normalized spacial score (nSPS) is 18.4. The van der Waals surface area contributed by atoms with Crippen LogP contribution >= 0.6 is 0 Å². The van der Waals surface area contributed by atoms with E-state index in [1.165, 1.54) is 54.3 Å². The van der Waals surface area contributed by atoms with Crippen molar-refractivity contribution in [1.29, 1.82) is 5.26 Å². The number of nitrogens with one attached hydrogen (secondary N) is 1. The van der Waals surface area contributed by atoms with Gasteiger partial charge < -0.3 is 5.32 Å². The topological polar surface area (TPSA) is 107 Å². The number of hydrogen-bond acceptors (Lipinski definition) is 5. The molecule has 2 aromatic rings. The summed E-state index contributed by atoms with van der Waals surface area (Å²) in [5, 5.41) is 11.9. The molecule has 1 unspecified atom stereocenters. The van der Waals surface area contributed by atoms with Gasteiger partial charge in [0.05, 0.1) is 34.0 Å². The fraction of sp³-hybridized carbons (Fsp3) is 0.261. The number of carbonyl (C=O) groups is 2. The molecule has 7 nitrogen and oxygen atoms in total. The minimum absolute atomic E-state index is 0.104. The molecule has 0 bridgehead atoms. The summed E-state index contributed by atoms with van der Waals surface area (Å²) in [5.74, 6) is -0.503. The number of anilines is 1. The molecule has 0 radical (unpaired) electrons. The second kappa shape index (κ2) is 8.41. The molecule has 0 saturated heterocycles. The van der Waals surface area contributed by atoms with E-state index < -0.39 is 28.3 Å². The number of ketones is 1. The number of amides is 2. The van der Waals surface area contributed by atoms with Crippen LogP contribution in [0.4, 0.5) is 19.3 Å². The summed E-state index contributed by atoms with van der Waals surface area (Å²) in [5.41, 5.74) is 0.807. The van der Waals surface area contributed by atoms with Gasteiger partial charge in [-0.05, 0) is 36.2 Å². The molecule has 0 aromatic heterocycles. The summed E-state index contributed by atoms with van der Waals surface area (Å²) in [7, 11) is -3.79. The average molecular weight is 471 g/mol. The highest BCUT2D eigenvalue weighted by Crippen LogP contribution is 2.42. The molecule has 0 fully saturated rings. The van der Waals surface area contributed by atoms with Crippen molar-refractivity contribution in [2.75, 3.05) is 10.7 Å². The highest BCUT2D eigenvalue weighted by Gasteiger charge is 2.42. The van der Waals surface area contributed by atoms with Gasteiger partial charge in [-0.15, -0.1) is 0 Å². The van der Waals surface area contributed by atoms with Gasteiger partial charge >= 0.3 is 6.03 Å². The van der Waals surface area contributed by atoms with E-state index >= 15 is 0 Å². The van der Waals surface area contributed by atoms with Gasteiger partial charge in [-0.25, -0.2) is 22.0 Å². The Morgan fingerprint density at radius 3 is 2.61 bits per heavy atom. The molecule has 170 valence electrons. The van der Waals surface area contributed by atoms with Crippen LogP contribution in [-0.2, 0) is 14.6 Å². The predicted octanol–water partition coefficient (Wildman–Crippen LogP) is 4.18. The third kappa shape index (κ3) is 3.89. The molecule has 0 spiro atoms. The Kier molecular flexibility index (Phi) is 5.76. The Bertz CT molecular complexity index is 1350. The lowest BCUT2D eigenvalue weighted by Crippen LogP contribution is -2.47. The molecule has 1 aliphatic carbocycles. The van der Waals surface area contributed by atoms with E-state index in [-0.39, 0.29) is 57.2 Å². The maximum Gasteiger partial charge on any atom is 0.327 e. The van der Waals surface area contributed by atoms with Crippen LogP contribution < -0.4 is 10.2 Å². The fourth-order valence-electron chi connectivity index (χ4n) is 4.18. The van der Waals surface area contributed by atoms with Gasteiger partial charge in [-0.3, -0.25) is 9.69 Å². The number of rotatable bonds is 5. The van der Waals surface area contributed by atoms with E-state index in [0.717, 1.165) is 0 Å². The van der Waals surface area contributed by atoms with Crippen molar-refractivity contribution in [2.45, 2.75) is 37.1 Å². The maximum absolute atomic E-state index is 13.2. The van der Waals surface area contributed by atoms with Gasteiger partial charge in [0.15, 0.2) is 15.6 Å². The molecule has 2 aromatic carbocycles. The molecular formula is C23H19F2N3O4S. The van der Waals surface area contributed by atoms with Crippen LogP contribution in [0, 0.1) is 11.3 Å². The first-order valence-corrected chi connectivity index (χ1v) is 11.8. The van der Waals surface area contributed by atoms with E-state index in [0.29, 0.717) is 5.70 Å². The van der Waals surface area contributed by atoms with Crippen molar-refractivity contribution in [2.24, 2.45) is 0 Å². The summed E-state index contributed by atoms with van der Waals surface area (Å²) in [4.78, 5) is 27.1. The Morgan fingerprint density at radius 1 is 1.18 bits per heavy atom.